The predicted octanol–water partition coefficient (Wildman–Crippen LogP) is 3.81. The molecular formula is C21H18N6O2. The normalized spacial score (nSPS) is 12.2. The van der Waals surface area contributed by atoms with E-state index in [-0.39, 0.29) is 6.79 Å². The van der Waals surface area contributed by atoms with E-state index in [1.165, 1.54) is 0 Å². The van der Waals surface area contributed by atoms with E-state index in [0.29, 0.717) is 5.95 Å². The lowest BCUT2D eigenvalue weighted by Crippen LogP contribution is -2.01. The number of hydrogen-bond donors (Lipinski definition) is 1. The second-order valence-electron chi connectivity index (χ2n) is 6.62. The number of fused-ring (bicyclic) bond motifs is 1. The van der Waals surface area contributed by atoms with Crippen LogP contribution in [0.25, 0.3) is 16.9 Å². The summed E-state index contributed by atoms with van der Waals surface area (Å²) in [7, 11) is 0. The van der Waals surface area contributed by atoms with E-state index in [1.54, 1.807) is 6.20 Å². The lowest BCUT2D eigenvalue weighted by molar-refractivity contribution is 0.174. The Morgan fingerprint density at radius 1 is 0.931 bits per heavy atom. The fraction of sp³-hybridized carbons (Fsp3) is 0.143. The van der Waals surface area contributed by atoms with Gasteiger partial charge in [-0.3, -0.25) is 0 Å². The van der Waals surface area contributed by atoms with Crippen LogP contribution in [0.4, 0.5) is 11.6 Å². The van der Waals surface area contributed by atoms with Crippen LogP contribution in [0.5, 0.6) is 11.5 Å². The molecule has 3 heterocycles. The second-order valence-corrected chi connectivity index (χ2v) is 6.62. The molecule has 144 valence electrons. The molecule has 8 heteroatoms. The number of nitrogens with zero attached hydrogens (tertiary/aromatic N) is 5. The van der Waals surface area contributed by atoms with E-state index in [0.717, 1.165) is 45.8 Å². The molecule has 0 saturated heterocycles. The van der Waals surface area contributed by atoms with Crippen molar-refractivity contribution in [3.63, 3.8) is 0 Å². The Balaban J connectivity index is 1.37. The number of anilines is 2. The Morgan fingerprint density at radius 2 is 1.76 bits per heavy atom. The van der Waals surface area contributed by atoms with Crippen LogP contribution < -0.4 is 14.8 Å². The van der Waals surface area contributed by atoms with Crippen molar-refractivity contribution in [1.29, 1.82) is 0 Å². The number of aromatic nitrogens is 5. The number of aryl methyl sites for hydroxylation is 2. The standard InChI is InChI=1S/C21H18N6O2/c1-13-23-14(2)27(26-13)17-6-4-16(5-7-17)24-21-22-10-9-18(25-21)15-3-8-19-20(11-15)29-12-28-19/h3-11H,12H2,1-2H3,(H,22,24,25). The van der Waals surface area contributed by atoms with Crippen molar-refractivity contribution < 1.29 is 9.47 Å². The van der Waals surface area contributed by atoms with E-state index in [4.69, 9.17) is 9.47 Å². The average Bonchev–Trinajstić information content (AvgIpc) is 3.34. The molecule has 1 N–H and O–H groups in total. The number of benzene rings is 2. The van der Waals surface area contributed by atoms with E-state index >= 15 is 0 Å². The summed E-state index contributed by atoms with van der Waals surface area (Å²) in [6.45, 7) is 4.06. The van der Waals surface area contributed by atoms with Crippen molar-refractivity contribution >= 4 is 11.6 Å². The zero-order valence-corrected chi connectivity index (χ0v) is 16.0. The summed E-state index contributed by atoms with van der Waals surface area (Å²) in [4.78, 5) is 13.3. The Bertz CT molecular complexity index is 1190. The monoisotopic (exact) mass is 386 g/mol. The molecule has 0 unspecified atom stereocenters. The fourth-order valence-corrected chi connectivity index (χ4v) is 3.22. The second kappa shape index (κ2) is 6.90. The summed E-state index contributed by atoms with van der Waals surface area (Å²) in [6.07, 6.45) is 1.73. The van der Waals surface area contributed by atoms with Crippen molar-refractivity contribution in [2.75, 3.05) is 12.1 Å². The van der Waals surface area contributed by atoms with Crippen LogP contribution in [0.2, 0.25) is 0 Å². The number of hydrogen-bond acceptors (Lipinski definition) is 7. The highest BCUT2D eigenvalue weighted by atomic mass is 16.7. The molecule has 5 rings (SSSR count). The largest absolute Gasteiger partial charge is 0.454 e. The van der Waals surface area contributed by atoms with Gasteiger partial charge in [-0.15, -0.1) is 0 Å². The minimum Gasteiger partial charge on any atom is -0.454 e. The van der Waals surface area contributed by atoms with Crippen molar-refractivity contribution in [3.8, 4) is 28.4 Å². The molecular weight excluding hydrogens is 368 g/mol. The number of ether oxygens (including phenoxy) is 2. The minimum atomic E-state index is 0.249. The Morgan fingerprint density at radius 3 is 2.55 bits per heavy atom. The maximum absolute atomic E-state index is 5.45. The van der Waals surface area contributed by atoms with Gasteiger partial charge in [0.05, 0.1) is 11.4 Å². The van der Waals surface area contributed by atoms with E-state index in [1.807, 2.05) is 67.1 Å². The molecule has 2 aromatic heterocycles. The third kappa shape index (κ3) is 3.36. The third-order valence-electron chi connectivity index (χ3n) is 4.57. The van der Waals surface area contributed by atoms with Gasteiger partial charge in [-0.2, -0.15) is 5.10 Å². The van der Waals surface area contributed by atoms with Crippen molar-refractivity contribution in [1.82, 2.24) is 24.7 Å². The molecule has 0 saturated carbocycles. The Labute approximate surface area is 167 Å². The average molecular weight is 386 g/mol. The maximum Gasteiger partial charge on any atom is 0.231 e. The van der Waals surface area contributed by atoms with Crippen molar-refractivity contribution in [3.05, 3.63) is 66.4 Å². The molecule has 0 bridgehead atoms. The molecule has 0 radical (unpaired) electrons. The van der Waals surface area contributed by atoms with Crippen LogP contribution in [0.1, 0.15) is 11.6 Å². The molecule has 0 spiro atoms. The number of rotatable bonds is 4. The molecule has 1 aliphatic rings. The molecule has 0 atom stereocenters. The highest BCUT2D eigenvalue weighted by Crippen LogP contribution is 2.35. The van der Waals surface area contributed by atoms with Gasteiger partial charge in [0, 0.05) is 17.4 Å². The number of nitrogens with one attached hydrogen (secondary N) is 1. The predicted molar refractivity (Wildman–Crippen MR) is 108 cm³/mol. The van der Waals surface area contributed by atoms with Gasteiger partial charge in [-0.1, -0.05) is 0 Å². The Hall–Kier alpha value is -3.94. The van der Waals surface area contributed by atoms with Gasteiger partial charge in [0.2, 0.25) is 12.7 Å². The molecule has 4 aromatic rings. The summed E-state index contributed by atoms with van der Waals surface area (Å²) < 4.78 is 12.6. The first kappa shape index (κ1) is 17.2. The van der Waals surface area contributed by atoms with Crippen molar-refractivity contribution in [2.45, 2.75) is 13.8 Å². The minimum absolute atomic E-state index is 0.249. The topological polar surface area (TPSA) is 87.0 Å². The van der Waals surface area contributed by atoms with Crippen LogP contribution in [0.15, 0.2) is 54.7 Å². The summed E-state index contributed by atoms with van der Waals surface area (Å²) in [5.74, 6) is 3.59. The lowest BCUT2D eigenvalue weighted by Gasteiger charge is -2.08. The summed E-state index contributed by atoms with van der Waals surface area (Å²) >= 11 is 0. The van der Waals surface area contributed by atoms with Gasteiger partial charge >= 0.3 is 0 Å². The molecule has 1 aliphatic heterocycles. The zero-order chi connectivity index (χ0) is 19.8. The fourth-order valence-electron chi connectivity index (χ4n) is 3.22. The first-order chi connectivity index (χ1) is 14.2. The first-order valence-corrected chi connectivity index (χ1v) is 9.16. The third-order valence-corrected chi connectivity index (χ3v) is 4.57. The van der Waals surface area contributed by atoms with E-state index in [2.05, 4.69) is 25.4 Å². The molecule has 0 amide bonds. The van der Waals surface area contributed by atoms with Gasteiger partial charge < -0.3 is 14.8 Å². The maximum atomic E-state index is 5.45. The zero-order valence-electron chi connectivity index (χ0n) is 16.0. The highest BCUT2D eigenvalue weighted by Gasteiger charge is 2.14. The first-order valence-electron chi connectivity index (χ1n) is 9.16. The molecule has 2 aromatic carbocycles. The summed E-state index contributed by atoms with van der Waals surface area (Å²) in [6, 6.07) is 15.5. The van der Waals surface area contributed by atoms with Gasteiger partial charge in [-0.25, -0.2) is 19.6 Å². The molecule has 29 heavy (non-hydrogen) atoms. The van der Waals surface area contributed by atoms with Gasteiger partial charge in [0.25, 0.3) is 0 Å². The van der Waals surface area contributed by atoms with Crippen LogP contribution in [0.3, 0.4) is 0 Å². The van der Waals surface area contributed by atoms with Crippen LogP contribution in [0, 0.1) is 13.8 Å². The SMILES string of the molecule is Cc1nc(C)n(-c2ccc(Nc3nccc(-c4ccc5c(c4)OCO5)n3)cc2)n1. The summed E-state index contributed by atoms with van der Waals surface area (Å²) in [5, 5.41) is 7.65. The molecule has 0 fully saturated rings. The van der Waals surface area contributed by atoms with E-state index < -0.39 is 0 Å². The van der Waals surface area contributed by atoms with Gasteiger partial charge in [0.1, 0.15) is 11.6 Å². The molecule has 0 aliphatic carbocycles. The smallest absolute Gasteiger partial charge is 0.231 e. The Kier molecular flexibility index (Phi) is 4.09. The van der Waals surface area contributed by atoms with E-state index in [9.17, 15) is 0 Å². The highest BCUT2D eigenvalue weighted by molar-refractivity contribution is 5.66. The van der Waals surface area contributed by atoms with Gasteiger partial charge in [0.15, 0.2) is 11.5 Å². The van der Waals surface area contributed by atoms with Crippen LogP contribution in [-0.4, -0.2) is 31.5 Å². The molecule has 8 nitrogen and oxygen atoms in total. The lowest BCUT2D eigenvalue weighted by atomic mass is 10.1. The van der Waals surface area contributed by atoms with Crippen LogP contribution >= 0.6 is 0 Å². The summed E-state index contributed by atoms with van der Waals surface area (Å²) in [5.41, 5.74) is 3.56. The van der Waals surface area contributed by atoms with Crippen LogP contribution in [-0.2, 0) is 0 Å². The quantitative estimate of drug-likeness (QED) is 0.570. The van der Waals surface area contributed by atoms with Crippen molar-refractivity contribution in [2.24, 2.45) is 0 Å². The van der Waals surface area contributed by atoms with Gasteiger partial charge in [-0.05, 0) is 62.4 Å².